The molecule has 4 aromatic rings. The molecule has 0 bridgehead atoms. The van der Waals surface area contributed by atoms with Gasteiger partial charge in [-0.1, -0.05) is 12.1 Å². The monoisotopic (exact) mass is 547 g/mol. The Kier molecular flexibility index (Phi) is 7.24. The molecule has 1 aromatic heterocycles. The van der Waals surface area contributed by atoms with E-state index in [0.717, 1.165) is 0 Å². The van der Waals surface area contributed by atoms with Gasteiger partial charge in [0.1, 0.15) is 47.4 Å². The number of furan rings is 1. The first-order chi connectivity index (χ1) is 19.1. The molecule has 0 spiro atoms. The number of ether oxygens (including phenoxy) is 3. The molecule has 1 aliphatic carbocycles. The fraction of sp³-hybridized carbons (Fsp3) is 0.267. The zero-order valence-electron chi connectivity index (χ0n) is 22.1. The summed E-state index contributed by atoms with van der Waals surface area (Å²) in [6.07, 6.45) is -3.31. The lowest BCUT2D eigenvalue weighted by atomic mass is 9.71. The zero-order valence-corrected chi connectivity index (χ0v) is 22.1. The highest BCUT2D eigenvalue weighted by Gasteiger charge is 2.42. The van der Waals surface area contributed by atoms with Crippen molar-refractivity contribution in [3.05, 3.63) is 83.1 Å². The van der Waals surface area contributed by atoms with Crippen LogP contribution in [-0.4, -0.2) is 59.7 Å². The van der Waals surface area contributed by atoms with Crippen LogP contribution in [0.15, 0.2) is 65.1 Å². The Labute approximate surface area is 229 Å². The molecule has 1 heterocycles. The maximum atomic E-state index is 13.6. The predicted molar refractivity (Wildman–Crippen MR) is 145 cm³/mol. The van der Waals surface area contributed by atoms with Crippen LogP contribution in [0.5, 0.6) is 17.2 Å². The molecule has 40 heavy (non-hydrogen) atoms. The lowest BCUT2D eigenvalue weighted by molar-refractivity contribution is -0.0339. The zero-order chi connectivity index (χ0) is 28.6. The molecular weight excluding hydrogens is 518 g/mol. The van der Waals surface area contributed by atoms with E-state index in [4.69, 9.17) is 23.7 Å². The molecule has 2 atom stereocenters. The van der Waals surface area contributed by atoms with Gasteiger partial charge in [-0.2, -0.15) is 0 Å². The SMILES string of the molecule is COc1ccccc1NC(=O)Oc1ccc2c3c(oc2c1)C(C)(C)c1cc(OC[C@@H](O)C(O)CO)ccc1C3=O. The number of anilines is 1. The van der Waals surface area contributed by atoms with Crippen LogP contribution in [0.1, 0.15) is 41.1 Å². The molecule has 10 heteroatoms. The summed E-state index contributed by atoms with van der Waals surface area (Å²) in [5, 5.41) is 31.7. The minimum Gasteiger partial charge on any atom is -0.495 e. The standard InChI is InChI=1S/C30H29NO9/c1-30(2)20-12-16(38-15-23(34)22(33)14-32)8-10-18(20)27(35)26-19-11-9-17(13-25(19)40-28(26)30)39-29(36)31-21-6-4-5-7-24(21)37-3/h4-13,22-23,32-34H,14-15H2,1-3H3,(H,31,36)/t22?,23-/m1/s1. The minimum absolute atomic E-state index is 0.215. The number of nitrogens with one attached hydrogen (secondary N) is 1. The lowest BCUT2D eigenvalue weighted by Crippen LogP contribution is -2.34. The Balaban J connectivity index is 1.41. The van der Waals surface area contributed by atoms with Gasteiger partial charge >= 0.3 is 6.09 Å². The first-order valence-corrected chi connectivity index (χ1v) is 12.6. The van der Waals surface area contributed by atoms with E-state index >= 15 is 0 Å². The lowest BCUT2D eigenvalue weighted by Gasteiger charge is -2.31. The summed E-state index contributed by atoms with van der Waals surface area (Å²) in [5.74, 6) is 1.35. The average Bonchev–Trinajstić information content (AvgIpc) is 3.34. The fourth-order valence-corrected chi connectivity index (χ4v) is 4.80. The third kappa shape index (κ3) is 4.88. The molecule has 0 fully saturated rings. The summed E-state index contributed by atoms with van der Waals surface area (Å²) >= 11 is 0. The molecular formula is C30H29NO9. The number of ketones is 1. The van der Waals surface area contributed by atoms with E-state index in [1.807, 2.05) is 13.8 Å². The number of benzene rings is 3. The van der Waals surface area contributed by atoms with E-state index in [1.165, 1.54) is 7.11 Å². The number of rotatable bonds is 8. The van der Waals surface area contributed by atoms with E-state index in [9.17, 15) is 19.8 Å². The molecule has 208 valence electrons. The second kappa shape index (κ2) is 10.6. The van der Waals surface area contributed by atoms with Crippen LogP contribution >= 0.6 is 0 Å². The van der Waals surface area contributed by atoms with Crippen LogP contribution in [-0.2, 0) is 5.41 Å². The third-order valence-corrected chi connectivity index (χ3v) is 6.97. The number of para-hydroxylation sites is 2. The first-order valence-electron chi connectivity index (χ1n) is 12.6. The smallest absolute Gasteiger partial charge is 0.417 e. The van der Waals surface area contributed by atoms with Crippen molar-refractivity contribution in [3.8, 4) is 17.2 Å². The topological polar surface area (TPSA) is 148 Å². The summed E-state index contributed by atoms with van der Waals surface area (Å²) < 4.78 is 22.5. The Morgan fingerprint density at radius 3 is 2.52 bits per heavy atom. The number of hydrogen-bond donors (Lipinski definition) is 4. The Hall–Kier alpha value is -4.38. The van der Waals surface area contributed by atoms with Gasteiger partial charge in [0.25, 0.3) is 0 Å². The van der Waals surface area contributed by atoms with Gasteiger partial charge in [-0.05, 0) is 61.9 Å². The van der Waals surface area contributed by atoms with Crippen LogP contribution in [0.4, 0.5) is 10.5 Å². The molecule has 1 amide bonds. The highest BCUT2D eigenvalue weighted by Crippen LogP contribution is 2.46. The number of aliphatic hydroxyl groups is 3. The number of aliphatic hydroxyl groups excluding tert-OH is 3. The molecule has 0 saturated carbocycles. The van der Waals surface area contributed by atoms with Crippen LogP contribution in [0, 0.1) is 0 Å². The molecule has 0 saturated heterocycles. The third-order valence-electron chi connectivity index (χ3n) is 6.97. The van der Waals surface area contributed by atoms with Gasteiger partial charge in [-0.15, -0.1) is 0 Å². The Morgan fingerprint density at radius 1 is 1.02 bits per heavy atom. The number of hydrogen-bond acceptors (Lipinski definition) is 9. The van der Waals surface area contributed by atoms with Crippen molar-refractivity contribution in [2.75, 3.05) is 25.6 Å². The number of carbonyl (C=O) groups excluding carboxylic acids is 2. The average molecular weight is 548 g/mol. The van der Waals surface area contributed by atoms with Gasteiger partial charge in [-0.3, -0.25) is 10.1 Å². The second-order valence-corrected chi connectivity index (χ2v) is 9.97. The molecule has 10 nitrogen and oxygen atoms in total. The van der Waals surface area contributed by atoms with Crippen molar-refractivity contribution in [1.29, 1.82) is 0 Å². The van der Waals surface area contributed by atoms with Crippen LogP contribution in [0.3, 0.4) is 0 Å². The molecule has 3 aromatic carbocycles. The van der Waals surface area contributed by atoms with Gasteiger partial charge in [0.15, 0.2) is 5.78 Å². The summed E-state index contributed by atoms with van der Waals surface area (Å²) in [5.41, 5.74) is 1.71. The molecule has 1 aliphatic rings. The summed E-state index contributed by atoms with van der Waals surface area (Å²) in [4.78, 5) is 26.1. The number of carbonyl (C=O) groups is 2. The van der Waals surface area contributed by atoms with Crippen molar-refractivity contribution < 1.29 is 43.5 Å². The van der Waals surface area contributed by atoms with Gasteiger partial charge in [0.2, 0.25) is 0 Å². The van der Waals surface area contributed by atoms with Crippen LogP contribution < -0.4 is 19.5 Å². The largest absolute Gasteiger partial charge is 0.495 e. The highest BCUT2D eigenvalue weighted by atomic mass is 16.6. The second-order valence-electron chi connectivity index (χ2n) is 9.97. The van der Waals surface area contributed by atoms with Crippen LogP contribution in [0.25, 0.3) is 11.0 Å². The van der Waals surface area contributed by atoms with E-state index in [2.05, 4.69) is 5.32 Å². The summed E-state index contributed by atoms with van der Waals surface area (Å²) in [7, 11) is 1.50. The first kappa shape index (κ1) is 27.2. The van der Waals surface area contributed by atoms with Crippen molar-refractivity contribution in [2.45, 2.75) is 31.5 Å². The quantitative estimate of drug-likeness (QED) is 0.257. The van der Waals surface area contributed by atoms with Gasteiger partial charge in [-0.25, -0.2) is 4.79 Å². The van der Waals surface area contributed by atoms with Crippen molar-refractivity contribution in [3.63, 3.8) is 0 Å². The molecule has 0 radical (unpaired) electrons. The van der Waals surface area contributed by atoms with Gasteiger partial charge < -0.3 is 33.9 Å². The van der Waals surface area contributed by atoms with E-state index in [1.54, 1.807) is 60.7 Å². The van der Waals surface area contributed by atoms with Crippen LogP contribution in [0.2, 0.25) is 0 Å². The number of fused-ring (bicyclic) bond motifs is 4. The van der Waals surface area contributed by atoms with E-state index in [-0.39, 0.29) is 18.1 Å². The molecule has 5 rings (SSSR count). The van der Waals surface area contributed by atoms with E-state index < -0.39 is 30.3 Å². The maximum absolute atomic E-state index is 13.6. The van der Waals surface area contributed by atoms with Crippen molar-refractivity contribution in [1.82, 2.24) is 0 Å². The number of methoxy groups -OCH3 is 1. The highest BCUT2D eigenvalue weighted by molar-refractivity contribution is 6.19. The Bertz CT molecular complexity index is 1590. The van der Waals surface area contributed by atoms with Crippen molar-refractivity contribution in [2.24, 2.45) is 0 Å². The van der Waals surface area contributed by atoms with Gasteiger partial charge in [0.05, 0.1) is 25.0 Å². The van der Waals surface area contributed by atoms with Crippen molar-refractivity contribution >= 4 is 28.5 Å². The number of amides is 1. The predicted octanol–water partition coefficient (Wildman–Crippen LogP) is 4.02. The molecule has 4 N–H and O–H groups in total. The minimum atomic E-state index is -1.32. The normalized spacial score (nSPS) is 15.1. The molecule has 1 unspecified atom stereocenters. The van der Waals surface area contributed by atoms with Gasteiger partial charge in [0, 0.05) is 22.4 Å². The summed E-state index contributed by atoms with van der Waals surface area (Å²) in [6, 6.07) is 16.8. The fourth-order valence-electron chi connectivity index (χ4n) is 4.80. The maximum Gasteiger partial charge on any atom is 0.417 e. The summed E-state index contributed by atoms with van der Waals surface area (Å²) in [6.45, 7) is 3.01. The Morgan fingerprint density at radius 2 is 1.77 bits per heavy atom. The molecule has 0 aliphatic heterocycles. The van der Waals surface area contributed by atoms with E-state index in [0.29, 0.717) is 50.6 Å².